The summed E-state index contributed by atoms with van der Waals surface area (Å²) >= 11 is 0. The molecule has 0 bridgehead atoms. The third-order valence-corrected chi connectivity index (χ3v) is 5.39. The fourth-order valence-corrected chi connectivity index (χ4v) is 4.04. The van der Waals surface area contributed by atoms with E-state index in [0.29, 0.717) is 12.1 Å². The van der Waals surface area contributed by atoms with Crippen LogP contribution in [-0.4, -0.2) is 30.6 Å². The normalized spacial score (nSPS) is 27.5. The van der Waals surface area contributed by atoms with Gasteiger partial charge in [-0.2, -0.15) is 0 Å². The van der Waals surface area contributed by atoms with E-state index in [-0.39, 0.29) is 0 Å². The van der Waals surface area contributed by atoms with Crippen LogP contribution in [0.15, 0.2) is 24.3 Å². The van der Waals surface area contributed by atoms with Crippen molar-refractivity contribution in [3.8, 4) is 0 Å². The SMILES string of the molecule is CCCNC1c2ccccc2CCC1N1CCC(C)CC1. The predicted molar refractivity (Wildman–Crippen MR) is 89.6 cm³/mol. The maximum Gasteiger partial charge on any atom is 0.0481 e. The predicted octanol–water partition coefficient (Wildman–Crippen LogP) is 3.77. The van der Waals surface area contributed by atoms with E-state index in [0.717, 1.165) is 12.5 Å². The summed E-state index contributed by atoms with van der Waals surface area (Å²) in [5.74, 6) is 0.916. The molecule has 1 aliphatic heterocycles. The molecule has 3 rings (SSSR count). The van der Waals surface area contributed by atoms with Crippen LogP contribution in [0.4, 0.5) is 0 Å². The van der Waals surface area contributed by atoms with Crippen molar-refractivity contribution in [2.75, 3.05) is 19.6 Å². The number of fused-ring (bicyclic) bond motifs is 1. The highest BCUT2D eigenvalue weighted by Crippen LogP contribution is 2.34. The van der Waals surface area contributed by atoms with Crippen LogP contribution in [0, 0.1) is 5.92 Å². The first-order chi connectivity index (χ1) is 10.3. The summed E-state index contributed by atoms with van der Waals surface area (Å²) in [7, 11) is 0. The number of aryl methyl sites for hydroxylation is 1. The maximum atomic E-state index is 3.84. The highest BCUT2D eigenvalue weighted by molar-refractivity contribution is 5.34. The Hall–Kier alpha value is -0.860. The van der Waals surface area contributed by atoms with Crippen LogP contribution >= 0.6 is 0 Å². The van der Waals surface area contributed by atoms with Crippen molar-refractivity contribution in [2.24, 2.45) is 5.92 Å². The molecule has 1 saturated heterocycles. The first kappa shape index (κ1) is 15.1. The Bertz CT molecular complexity index is 449. The summed E-state index contributed by atoms with van der Waals surface area (Å²) in [5.41, 5.74) is 3.12. The monoisotopic (exact) mass is 286 g/mol. The zero-order valence-electron chi connectivity index (χ0n) is 13.6. The second-order valence-electron chi connectivity index (χ2n) is 6.96. The van der Waals surface area contributed by atoms with Crippen LogP contribution in [0.2, 0.25) is 0 Å². The molecule has 2 aliphatic rings. The number of nitrogens with one attached hydrogen (secondary N) is 1. The number of hydrogen-bond donors (Lipinski definition) is 1. The smallest absolute Gasteiger partial charge is 0.0481 e. The van der Waals surface area contributed by atoms with Crippen LogP contribution in [0.25, 0.3) is 0 Å². The van der Waals surface area contributed by atoms with Crippen molar-refractivity contribution in [2.45, 2.75) is 58.0 Å². The molecule has 116 valence electrons. The van der Waals surface area contributed by atoms with Crippen LogP contribution in [-0.2, 0) is 6.42 Å². The third-order valence-electron chi connectivity index (χ3n) is 5.39. The Morgan fingerprint density at radius 2 is 1.90 bits per heavy atom. The highest BCUT2D eigenvalue weighted by atomic mass is 15.2. The molecule has 1 aliphatic carbocycles. The van der Waals surface area contributed by atoms with E-state index in [1.165, 1.54) is 45.2 Å². The number of nitrogens with zero attached hydrogens (tertiary/aromatic N) is 1. The van der Waals surface area contributed by atoms with Crippen molar-refractivity contribution in [3.63, 3.8) is 0 Å². The summed E-state index contributed by atoms with van der Waals surface area (Å²) in [6, 6.07) is 10.3. The van der Waals surface area contributed by atoms with Crippen LogP contribution in [0.5, 0.6) is 0 Å². The highest BCUT2D eigenvalue weighted by Gasteiger charge is 2.34. The molecular weight excluding hydrogens is 256 g/mol. The minimum Gasteiger partial charge on any atom is -0.309 e. The summed E-state index contributed by atoms with van der Waals surface area (Å²) in [4.78, 5) is 2.77. The summed E-state index contributed by atoms with van der Waals surface area (Å²) in [6.45, 7) is 8.37. The van der Waals surface area contributed by atoms with Gasteiger partial charge in [0, 0.05) is 12.1 Å². The topological polar surface area (TPSA) is 15.3 Å². The van der Waals surface area contributed by atoms with Gasteiger partial charge >= 0.3 is 0 Å². The van der Waals surface area contributed by atoms with Gasteiger partial charge < -0.3 is 5.32 Å². The summed E-state index contributed by atoms with van der Waals surface area (Å²) in [5, 5.41) is 3.84. The van der Waals surface area contributed by atoms with Crippen molar-refractivity contribution < 1.29 is 0 Å². The molecule has 1 heterocycles. The lowest BCUT2D eigenvalue weighted by Gasteiger charge is -2.44. The van der Waals surface area contributed by atoms with Crippen LogP contribution in [0.3, 0.4) is 0 Å². The van der Waals surface area contributed by atoms with Crippen molar-refractivity contribution in [1.82, 2.24) is 10.2 Å². The minimum absolute atomic E-state index is 0.531. The molecule has 1 aromatic carbocycles. The lowest BCUT2D eigenvalue weighted by molar-refractivity contribution is 0.0989. The Kier molecular flexibility index (Phi) is 4.97. The molecule has 1 fully saturated rings. The molecule has 2 atom stereocenters. The van der Waals surface area contributed by atoms with E-state index in [4.69, 9.17) is 0 Å². The number of rotatable bonds is 4. The van der Waals surface area contributed by atoms with Crippen LogP contribution in [0.1, 0.15) is 56.7 Å². The molecule has 0 spiro atoms. The van der Waals surface area contributed by atoms with E-state index in [1.807, 2.05) is 0 Å². The van der Waals surface area contributed by atoms with Gasteiger partial charge in [-0.05, 0) is 68.8 Å². The number of piperidine rings is 1. The second kappa shape index (κ2) is 6.93. The van der Waals surface area contributed by atoms with Gasteiger partial charge in [-0.1, -0.05) is 38.1 Å². The van der Waals surface area contributed by atoms with Gasteiger partial charge in [0.15, 0.2) is 0 Å². The van der Waals surface area contributed by atoms with Gasteiger partial charge in [0.2, 0.25) is 0 Å². The Labute approximate surface area is 129 Å². The molecule has 0 radical (unpaired) electrons. The van der Waals surface area contributed by atoms with Crippen LogP contribution < -0.4 is 5.32 Å². The largest absolute Gasteiger partial charge is 0.309 e. The first-order valence-electron chi connectivity index (χ1n) is 8.84. The Morgan fingerprint density at radius 3 is 2.67 bits per heavy atom. The quantitative estimate of drug-likeness (QED) is 0.906. The van der Waals surface area contributed by atoms with Gasteiger partial charge in [0.25, 0.3) is 0 Å². The van der Waals surface area contributed by atoms with E-state index >= 15 is 0 Å². The number of benzene rings is 1. The average Bonchev–Trinajstić information content (AvgIpc) is 2.53. The first-order valence-corrected chi connectivity index (χ1v) is 8.84. The number of likely N-dealkylation sites (tertiary alicyclic amines) is 1. The van der Waals surface area contributed by atoms with Gasteiger partial charge in [0.1, 0.15) is 0 Å². The molecule has 1 aromatic rings. The molecular formula is C19H30N2. The molecule has 2 unspecified atom stereocenters. The fraction of sp³-hybridized carbons (Fsp3) is 0.684. The molecule has 21 heavy (non-hydrogen) atoms. The minimum atomic E-state index is 0.531. The molecule has 0 saturated carbocycles. The van der Waals surface area contributed by atoms with E-state index in [2.05, 4.69) is 48.3 Å². The maximum absolute atomic E-state index is 3.84. The zero-order valence-corrected chi connectivity index (χ0v) is 13.6. The summed E-state index contributed by atoms with van der Waals surface area (Å²) in [6.07, 6.45) is 6.52. The molecule has 1 N–H and O–H groups in total. The van der Waals surface area contributed by atoms with Gasteiger partial charge in [-0.15, -0.1) is 0 Å². The van der Waals surface area contributed by atoms with E-state index < -0.39 is 0 Å². The van der Waals surface area contributed by atoms with Gasteiger partial charge in [0.05, 0.1) is 0 Å². The fourth-order valence-electron chi connectivity index (χ4n) is 4.04. The Morgan fingerprint density at radius 1 is 1.14 bits per heavy atom. The molecule has 0 aromatic heterocycles. The van der Waals surface area contributed by atoms with Crippen molar-refractivity contribution >= 4 is 0 Å². The standard InChI is InChI=1S/C19H30N2/c1-3-12-20-19-17-7-5-4-6-16(17)8-9-18(19)21-13-10-15(2)11-14-21/h4-7,15,18-20H,3,8-14H2,1-2H3. The van der Waals surface area contributed by atoms with Gasteiger partial charge in [-0.25, -0.2) is 0 Å². The van der Waals surface area contributed by atoms with Crippen molar-refractivity contribution in [3.05, 3.63) is 35.4 Å². The van der Waals surface area contributed by atoms with E-state index in [1.54, 1.807) is 11.1 Å². The lowest BCUT2D eigenvalue weighted by atomic mass is 9.82. The summed E-state index contributed by atoms with van der Waals surface area (Å²) < 4.78 is 0. The molecule has 0 amide bonds. The second-order valence-corrected chi connectivity index (χ2v) is 6.96. The van der Waals surface area contributed by atoms with Crippen molar-refractivity contribution in [1.29, 1.82) is 0 Å². The molecule has 2 nitrogen and oxygen atoms in total. The number of hydrogen-bond acceptors (Lipinski definition) is 2. The third kappa shape index (κ3) is 3.32. The zero-order chi connectivity index (χ0) is 14.7. The lowest BCUT2D eigenvalue weighted by Crippen LogP contribution is -2.50. The molecule has 2 heteroatoms. The van der Waals surface area contributed by atoms with Gasteiger partial charge in [-0.3, -0.25) is 4.90 Å². The average molecular weight is 286 g/mol. The Balaban J connectivity index is 1.79. The van der Waals surface area contributed by atoms with E-state index in [9.17, 15) is 0 Å².